The molecule has 9 heteroatoms. The number of phosphoric ester groups is 1. The van der Waals surface area contributed by atoms with Crippen LogP contribution >= 0.6 is 7.82 Å². The fourth-order valence-electron chi connectivity index (χ4n) is 7.81. The van der Waals surface area contributed by atoms with Gasteiger partial charge in [-0.15, -0.1) is 0 Å². The highest BCUT2D eigenvalue weighted by Crippen LogP contribution is 2.43. The lowest BCUT2D eigenvalue weighted by Crippen LogP contribution is -2.45. The first-order chi connectivity index (χ1) is 34.0. The van der Waals surface area contributed by atoms with Crippen molar-refractivity contribution in [2.75, 3.05) is 40.9 Å². The normalized spacial score (nSPS) is 14.7. The molecule has 0 radical (unpaired) electrons. The summed E-state index contributed by atoms with van der Waals surface area (Å²) < 4.78 is 23.7. The molecular formula is C61H110N2O6P+. The van der Waals surface area contributed by atoms with Crippen LogP contribution in [0, 0.1) is 0 Å². The molecule has 0 aromatic heterocycles. The van der Waals surface area contributed by atoms with Gasteiger partial charge in [0.15, 0.2) is 0 Å². The average molecular weight is 999 g/mol. The Hall–Kier alpha value is -2.58. The van der Waals surface area contributed by atoms with E-state index in [2.05, 4.69) is 104 Å². The standard InChI is InChI=1S/C61H109N2O6P/c1-6-8-10-12-14-16-18-20-22-24-26-28-29-30-31-32-33-35-37-39-41-43-45-47-49-51-53-55-61(65)62-59(58-69-70(66,67)68-57-56-63(3,4)5)60(64)54-52-50-48-46-44-42-40-38-36-34-27-25-23-21-19-17-15-13-11-9-7-2/h8,10,14,16,20,22,26,28,30-31,36,38,44,46,52,54,59-60,64H,6-7,9,11-13,15,17-19,21,23-25,27,29,32-35,37,39-43,45,47-51,53,55-58H2,1-5H3,(H-,62,65,66,67)/p+1/b10-8-,16-14-,22-20-,28-26-,31-30-,38-36+,46-44+,54-52+. The van der Waals surface area contributed by atoms with E-state index in [1.54, 1.807) is 6.08 Å². The second-order valence-corrected chi connectivity index (χ2v) is 21.7. The van der Waals surface area contributed by atoms with Gasteiger partial charge in [0, 0.05) is 6.42 Å². The molecule has 0 bridgehead atoms. The van der Waals surface area contributed by atoms with Crippen molar-refractivity contribution in [1.82, 2.24) is 5.32 Å². The molecule has 0 spiro atoms. The minimum absolute atomic E-state index is 0.0486. The number of aliphatic hydroxyl groups excluding tert-OH is 1. The molecular weight excluding hydrogens is 888 g/mol. The van der Waals surface area contributed by atoms with Gasteiger partial charge >= 0.3 is 7.82 Å². The molecule has 0 aromatic carbocycles. The fourth-order valence-corrected chi connectivity index (χ4v) is 8.54. The summed E-state index contributed by atoms with van der Waals surface area (Å²) in [4.78, 5) is 23.3. The first kappa shape index (κ1) is 67.4. The van der Waals surface area contributed by atoms with Gasteiger partial charge < -0.3 is 19.8 Å². The Kier molecular flexibility index (Phi) is 49.4. The third kappa shape index (κ3) is 53.2. The summed E-state index contributed by atoms with van der Waals surface area (Å²) in [5.41, 5.74) is 0. The summed E-state index contributed by atoms with van der Waals surface area (Å²) in [6, 6.07) is -0.878. The third-order valence-corrected chi connectivity index (χ3v) is 13.2. The zero-order valence-electron chi connectivity index (χ0n) is 46.0. The zero-order chi connectivity index (χ0) is 51.3. The van der Waals surface area contributed by atoms with Crippen molar-refractivity contribution in [2.24, 2.45) is 0 Å². The Balaban J connectivity index is 4.30. The smallest absolute Gasteiger partial charge is 0.387 e. The summed E-state index contributed by atoms with van der Waals surface area (Å²) in [5, 5.41) is 13.9. The quantitative estimate of drug-likeness (QED) is 0.0243. The van der Waals surface area contributed by atoms with Gasteiger partial charge in [0.05, 0.1) is 39.9 Å². The van der Waals surface area contributed by atoms with Crippen molar-refractivity contribution >= 4 is 13.7 Å². The van der Waals surface area contributed by atoms with Gasteiger partial charge in [-0.05, 0) is 89.9 Å². The number of unbranched alkanes of at least 4 members (excludes halogenated alkanes) is 24. The van der Waals surface area contributed by atoms with Crippen LogP contribution in [0.1, 0.15) is 232 Å². The summed E-state index contributed by atoms with van der Waals surface area (Å²) in [6.07, 6.45) is 73.6. The summed E-state index contributed by atoms with van der Waals surface area (Å²) in [7, 11) is 1.53. The van der Waals surface area contributed by atoms with E-state index in [4.69, 9.17) is 9.05 Å². The number of allylic oxidation sites excluding steroid dienone is 15. The topological polar surface area (TPSA) is 105 Å². The van der Waals surface area contributed by atoms with Crippen LogP contribution in [0.5, 0.6) is 0 Å². The number of aliphatic hydroxyl groups is 1. The highest BCUT2D eigenvalue weighted by Gasteiger charge is 2.27. The summed E-state index contributed by atoms with van der Waals surface area (Å²) >= 11 is 0. The third-order valence-electron chi connectivity index (χ3n) is 12.3. The molecule has 3 atom stereocenters. The number of hydrogen-bond donors (Lipinski definition) is 3. The van der Waals surface area contributed by atoms with Crippen LogP contribution in [0.2, 0.25) is 0 Å². The lowest BCUT2D eigenvalue weighted by molar-refractivity contribution is -0.870. The van der Waals surface area contributed by atoms with E-state index < -0.39 is 20.0 Å². The van der Waals surface area contributed by atoms with Crippen molar-refractivity contribution < 1.29 is 32.9 Å². The number of rotatable bonds is 51. The molecule has 404 valence electrons. The molecule has 0 aliphatic heterocycles. The van der Waals surface area contributed by atoms with E-state index in [0.717, 1.165) is 77.0 Å². The zero-order valence-corrected chi connectivity index (χ0v) is 46.9. The van der Waals surface area contributed by atoms with Gasteiger partial charge in [-0.25, -0.2) is 4.57 Å². The molecule has 0 heterocycles. The number of quaternary nitrogens is 1. The highest BCUT2D eigenvalue weighted by atomic mass is 31.2. The highest BCUT2D eigenvalue weighted by molar-refractivity contribution is 7.47. The van der Waals surface area contributed by atoms with Crippen molar-refractivity contribution in [2.45, 2.75) is 244 Å². The average Bonchev–Trinajstić information content (AvgIpc) is 3.32. The lowest BCUT2D eigenvalue weighted by Gasteiger charge is -2.25. The number of carbonyl (C=O) groups is 1. The Morgan fingerprint density at radius 2 is 0.871 bits per heavy atom. The van der Waals surface area contributed by atoms with Crippen molar-refractivity contribution in [3.63, 3.8) is 0 Å². The van der Waals surface area contributed by atoms with Gasteiger partial charge in [0.2, 0.25) is 5.91 Å². The van der Waals surface area contributed by atoms with Crippen molar-refractivity contribution in [3.8, 4) is 0 Å². The van der Waals surface area contributed by atoms with E-state index in [9.17, 15) is 19.4 Å². The van der Waals surface area contributed by atoms with E-state index in [1.807, 2.05) is 27.2 Å². The van der Waals surface area contributed by atoms with Gasteiger partial charge in [0.25, 0.3) is 0 Å². The molecule has 0 saturated carbocycles. The Morgan fingerprint density at radius 1 is 0.500 bits per heavy atom. The van der Waals surface area contributed by atoms with E-state index >= 15 is 0 Å². The van der Waals surface area contributed by atoms with Crippen LogP contribution in [-0.4, -0.2) is 73.4 Å². The number of nitrogens with zero attached hydrogens (tertiary/aromatic N) is 1. The fraction of sp³-hybridized carbons (Fsp3) is 0.721. The van der Waals surface area contributed by atoms with Crippen LogP contribution in [0.25, 0.3) is 0 Å². The Bertz CT molecular complexity index is 1460. The van der Waals surface area contributed by atoms with Crippen LogP contribution in [0.3, 0.4) is 0 Å². The predicted molar refractivity (Wildman–Crippen MR) is 304 cm³/mol. The number of hydrogen-bond acceptors (Lipinski definition) is 5. The SMILES string of the molecule is CC/C=C\C/C=C\C/C=C\C/C=C\C/C=C\CCCCCCCCCCCCCC(=O)NC(COP(=O)(O)OCC[N+](C)(C)C)C(O)/C=C/CC/C=C/CC/C=C/CCCCCCCCCCCCC. The molecule has 0 aromatic rings. The molecule has 0 saturated heterocycles. The minimum atomic E-state index is -4.37. The number of carbonyl (C=O) groups excluding carboxylic acids is 1. The molecule has 3 unspecified atom stereocenters. The lowest BCUT2D eigenvalue weighted by atomic mass is 10.0. The first-order valence-corrected chi connectivity index (χ1v) is 30.1. The van der Waals surface area contributed by atoms with Gasteiger partial charge in [-0.1, -0.05) is 233 Å². The molecule has 0 fully saturated rings. The number of likely N-dealkylation sites (N-methyl/N-ethyl adjacent to an activating group) is 1. The van der Waals surface area contributed by atoms with E-state index in [0.29, 0.717) is 17.4 Å². The molecule has 1 amide bonds. The maximum Gasteiger partial charge on any atom is 0.472 e. The maximum absolute atomic E-state index is 13.0. The van der Waals surface area contributed by atoms with Crippen molar-refractivity contribution in [3.05, 3.63) is 97.2 Å². The van der Waals surface area contributed by atoms with Gasteiger partial charge in [-0.3, -0.25) is 13.8 Å². The van der Waals surface area contributed by atoms with Gasteiger partial charge in [-0.2, -0.15) is 0 Å². The van der Waals surface area contributed by atoms with Crippen LogP contribution < -0.4 is 5.32 Å². The molecule has 70 heavy (non-hydrogen) atoms. The second-order valence-electron chi connectivity index (χ2n) is 20.3. The summed E-state index contributed by atoms with van der Waals surface area (Å²) in [6.45, 7) is 4.67. The number of nitrogens with one attached hydrogen (secondary N) is 1. The molecule has 0 rings (SSSR count). The van der Waals surface area contributed by atoms with Gasteiger partial charge in [0.1, 0.15) is 13.2 Å². The van der Waals surface area contributed by atoms with Crippen LogP contribution in [0.15, 0.2) is 97.2 Å². The predicted octanol–water partition coefficient (Wildman–Crippen LogP) is 17.4. The van der Waals surface area contributed by atoms with E-state index in [1.165, 1.54) is 135 Å². The monoisotopic (exact) mass is 998 g/mol. The largest absolute Gasteiger partial charge is 0.472 e. The van der Waals surface area contributed by atoms with E-state index in [-0.39, 0.29) is 19.1 Å². The molecule has 8 nitrogen and oxygen atoms in total. The minimum Gasteiger partial charge on any atom is -0.387 e. The number of phosphoric acid groups is 1. The number of amides is 1. The first-order valence-electron chi connectivity index (χ1n) is 28.6. The second kappa shape index (κ2) is 51.3. The van der Waals surface area contributed by atoms with Crippen LogP contribution in [0.4, 0.5) is 0 Å². The van der Waals surface area contributed by atoms with Crippen molar-refractivity contribution in [1.29, 1.82) is 0 Å². The van der Waals surface area contributed by atoms with Crippen LogP contribution in [-0.2, 0) is 18.4 Å². The molecule has 3 N–H and O–H groups in total. The maximum atomic E-state index is 13.0. The summed E-state index contributed by atoms with van der Waals surface area (Å²) in [5.74, 6) is -0.197. The Morgan fingerprint density at radius 3 is 1.31 bits per heavy atom. The molecule has 0 aliphatic carbocycles. The molecule has 0 aliphatic rings. The Labute approximate surface area is 432 Å².